The van der Waals surface area contributed by atoms with Gasteiger partial charge < -0.3 is 19.2 Å². The summed E-state index contributed by atoms with van der Waals surface area (Å²) >= 11 is 0. The smallest absolute Gasteiger partial charge is 0.268 e. The molecule has 0 saturated carbocycles. The maximum absolute atomic E-state index is 12.8. The number of hydrogen-bond acceptors (Lipinski definition) is 4. The Morgan fingerprint density at radius 3 is 2.92 bits per heavy atom. The lowest BCUT2D eigenvalue weighted by molar-refractivity contribution is 0.0929. The van der Waals surface area contributed by atoms with Crippen LogP contribution in [0.1, 0.15) is 41.3 Å². The molecule has 3 aromatic rings. The van der Waals surface area contributed by atoms with Crippen molar-refractivity contribution in [2.45, 2.75) is 32.9 Å². The molecule has 3 rings (SSSR count). The van der Waals surface area contributed by atoms with E-state index >= 15 is 0 Å². The van der Waals surface area contributed by atoms with Gasteiger partial charge in [-0.1, -0.05) is 11.6 Å². The number of fused-ring (bicyclic) bond motifs is 1. The van der Waals surface area contributed by atoms with E-state index in [0.29, 0.717) is 12.3 Å². The lowest BCUT2D eigenvalue weighted by atomic mass is 10.2. The average molecular weight is 355 g/mol. The van der Waals surface area contributed by atoms with Crippen molar-refractivity contribution >= 4 is 16.8 Å². The van der Waals surface area contributed by atoms with Crippen LogP contribution in [0.3, 0.4) is 0 Å². The van der Waals surface area contributed by atoms with Crippen molar-refractivity contribution in [1.82, 2.24) is 24.6 Å². The number of nitrogens with zero attached hydrogens (tertiary/aromatic N) is 4. The Hall–Kier alpha value is -2.67. The highest BCUT2D eigenvalue weighted by Gasteiger charge is 2.19. The zero-order valence-corrected chi connectivity index (χ0v) is 15.7. The minimum absolute atomic E-state index is 0.125. The molecule has 26 heavy (non-hydrogen) atoms. The number of aryl methyl sites for hydroxylation is 3. The molecular formula is C19H25N5O2. The van der Waals surface area contributed by atoms with E-state index in [1.165, 1.54) is 5.56 Å². The minimum Gasteiger partial charge on any atom is -0.385 e. The Morgan fingerprint density at radius 1 is 1.35 bits per heavy atom. The van der Waals surface area contributed by atoms with Crippen molar-refractivity contribution in [2.24, 2.45) is 7.05 Å². The Morgan fingerprint density at radius 2 is 2.15 bits per heavy atom. The molecule has 0 fully saturated rings. The largest absolute Gasteiger partial charge is 0.385 e. The van der Waals surface area contributed by atoms with E-state index in [4.69, 9.17) is 4.74 Å². The van der Waals surface area contributed by atoms with E-state index in [-0.39, 0.29) is 11.9 Å². The van der Waals surface area contributed by atoms with Crippen LogP contribution in [0.5, 0.6) is 0 Å². The molecule has 1 amide bonds. The fraction of sp³-hybridized carbons (Fsp3) is 0.421. The monoisotopic (exact) mass is 355 g/mol. The lowest BCUT2D eigenvalue weighted by Crippen LogP contribution is -2.30. The Labute approximate surface area is 153 Å². The molecule has 0 saturated heterocycles. The van der Waals surface area contributed by atoms with Gasteiger partial charge in [0.05, 0.1) is 6.04 Å². The topological polar surface area (TPSA) is 74.0 Å². The van der Waals surface area contributed by atoms with Crippen LogP contribution in [0.25, 0.3) is 10.9 Å². The Kier molecular flexibility index (Phi) is 5.37. The van der Waals surface area contributed by atoms with Crippen LogP contribution in [0.2, 0.25) is 0 Å². The van der Waals surface area contributed by atoms with Gasteiger partial charge in [-0.2, -0.15) is 0 Å². The summed E-state index contributed by atoms with van der Waals surface area (Å²) in [5.74, 6) is 0.615. The van der Waals surface area contributed by atoms with E-state index in [2.05, 4.69) is 27.6 Å². The van der Waals surface area contributed by atoms with Gasteiger partial charge in [0.2, 0.25) is 0 Å². The summed E-state index contributed by atoms with van der Waals surface area (Å²) in [4.78, 5) is 12.8. The third-order valence-electron chi connectivity index (χ3n) is 4.56. The van der Waals surface area contributed by atoms with Crippen LogP contribution in [0.15, 0.2) is 30.6 Å². The second-order valence-corrected chi connectivity index (χ2v) is 6.57. The summed E-state index contributed by atoms with van der Waals surface area (Å²) in [5.41, 5.74) is 2.84. The molecule has 1 aromatic carbocycles. The SMILES string of the molecule is COCCCn1cnnc1[C@@H](C)NC(=O)c1cc2cc(C)ccc2n1C. The quantitative estimate of drug-likeness (QED) is 0.661. The van der Waals surface area contributed by atoms with Gasteiger partial charge in [-0.3, -0.25) is 4.79 Å². The normalized spacial score (nSPS) is 12.5. The van der Waals surface area contributed by atoms with E-state index < -0.39 is 0 Å². The molecule has 1 N–H and O–H groups in total. The number of carbonyl (C=O) groups is 1. The zero-order valence-electron chi connectivity index (χ0n) is 15.7. The first-order valence-corrected chi connectivity index (χ1v) is 8.75. The molecule has 0 unspecified atom stereocenters. The first-order valence-electron chi connectivity index (χ1n) is 8.75. The highest BCUT2D eigenvalue weighted by Crippen LogP contribution is 2.21. The minimum atomic E-state index is -0.243. The first kappa shape index (κ1) is 18.1. The third kappa shape index (κ3) is 3.62. The van der Waals surface area contributed by atoms with Crippen LogP contribution in [0, 0.1) is 6.92 Å². The lowest BCUT2D eigenvalue weighted by Gasteiger charge is -2.15. The standard InChI is InChI=1S/C19H25N5O2/c1-13-6-7-16-15(10-13)11-17(23(16)3)19(25)21-14(2)18-22-20-12-24(18)8-5-9-26-4/h6-7,10-12,14H,5,8-9H2,1-4H3,(H,21,25)/t14-/m1/s1. The molecule has 7 nitrogen and oxygen atoms in total. The highest BCUT2D eigenvalue weighted by atomic mass is 16.5. The van der Waals surface area contributed by atoms with Crippen molar-refractivity contribution in [1.29, 1.82) is 0 Å². The van der Waals surface area contributed by atoms with Crippen molar-refractivity contribution in [2.75, 3.05) is 13.7 Å². The van der Waals surface area contributed by atoms with Gasteiger partial charge in [0, 0.05) is 38.2 Å². The number of nitrogens with one attached hydrogen (secondary N) is 1. The Balaban J connectivity index is 1.76. The third-order valence-corrected chi connectivity index (χ3v) is 4.56. The maximum Gasteiger partial charge on any atom is 0.268 e. The molecule has 2 heterocycles. The summed E-state index contributed by atoms with van der Waals surface area (Å²) in [6.07, 6.45) is 2.55. The van der Waals surface area contributed by atoms with Gasteiger partial charge in [-0.15, -0.1) is 10.2 Å². The fourth-order valence-corrected chi connectivity index (χ4v) is 3.17. The molecule has 2 aromatic heterocycles. The highest BCUT2D eigenvalue weighted by molar-refractivity contribution is 5.99. The maximum atomic E-state index is 12.8. The number of rotatable bonds is 7. The van der Waals surface area contributed by atoms with Crippen molar-refractivity contribution < 1.29 is 9.53 Å². The number of carbonyl (C=O) groups excluding carboxylic acids is 1. The number of aromatic nitrogens is 4. The number of methoxy groups -OCH3 is 1. The summed E-state index contributed by atoms with van der Waals surface area (Å²) in [5, 5.41) is 12.2. The first-order chi connectivity index (χ1) is 12.5. The second kappa shape index (κ2) is 7.70. The molecule has 0 aliphatic carbocycles. The number of benzene rings is 1. The van der Waals surface area contributed by atoms with E-state index in [9.17, 15) is 4.79 Å². The zero-order chi connectivity index (χ0) is 18.7. The van der Waals surface area contributed by atoms with Crippen LogP contribution < -0.4 is 5.32 Å². The van der Waals surface area contributed by atoms with Crippen LogP contribution in [-0.2, 0) is 18.3 Å². The van der Waals surface area contributed by atoms with Crippen LogP contribution in [-0.4, -0.2) is 39.0 Å². The van der Waals surface area contributed by atoms with Gasteiger partial charge in [0.25, 0.3) is 5.91 Å². The number of amides is 1. The molecule has 1 atom stereocenters. The molecule has 0 radical (unpaired) electrons. The molecule has 0 bridgehead atoms. The van der Waals surface area contributed by atoms with E-state index in [1.54, 1.807) is 13.4 Å². The fourth-order valence-electron chi connectivity index (χ4n) is 3.17. The van der Waals surface area contributed by atoms with Crippen LogP contribution >= 0.6 is 0 Å². The van der Waals surface area contributed by atoms with Gasteiger partial charge in [-0.05, 0) is 38.5 Å². The molecule has 0 spiro atoms. The van der Waals surface area contributed by atoms with Gasteiger partial charge >= 0.3 is 0 Å². The molecular weight excluding hydrogens is 330 g/mol. The van der Waals surface area contributed by atoms with Crippen molar-refractivity contribution in [3.05, 3.63) is 47.7 Å². The predicted molar refractivity (Wildman–Crippen MR) is 100 cm³/mol. The summed E-state index contributed by atoms with van der Waals surface area (Å²) in [7, 11) is 3.59. The average Bonchev–Trinajstić information content (AvgIpc) is 3.20. The summed E-state index contributed by atoms with van der Waals surface area (Å²) in [6.45, 7) is 5.39. The molecule has 0 aliphatic heterocycles. The molecule has 0 aliphatic rings. The second-order valence-electron chi connectivity index (χ2n) is 6.57. The van der Waals surface area contributed by atoms with E-state index in [1.807, 2.05) is 42.2 Å². The van der Waals surface area contributed by atoms with Crippen molar-refractivity contribution in [3.63, 3.8) is 0 Å². The Bertz CT molecular complexity index is 912. The molecule has 7 heteroatoms. The number of hydrogen-bond donors (Lipinski definition) is 1. The molecule has 138 valence electrons. The van der Waals surface area contributed by atoms with Gasteiger partial charge in [0.15, 0.2) is 5.82 Å². The van der Waals surface area contributed by atoms with E-state index in [0.717, 1.165) is 29.7 Å². The predicted octanol–water partition coefficient (Wildman–Crippen LogP) is 2.61. The number of ether oxygens (including phenoxy) is 1. The van der Waals surface area contributed by atoms with Crippen LogP contribution in [0.4, 0.5) is 0 Å². The van der Waals surface area contributed by atoms with Gasteiger partial charge in [-0.25, -0.2) is 0 Å². The van der Waals surface area contributed by atoms with Crippen molar-refractivity contribution in [3.8, 4) is 0 Å². The summed E-state index contributed by atoms with van der Waals surface area (Å²) in [6, 6.07) is 7.86. The summed E-state index contributed by atoms with van der Waals surface area (Å²) < 4.78 is 8.96. The van der Waals surface area contributed by atoms with Gasteiger partial charge in [0.1, 0.15) is 12.0 Å².